The largest absolute Gasteiger partial charge is 0.291 e. The van der Waals surface area contributed by atoms with E-state index in [2.05, 4.69) is 56.9 Å². The normalized spacial score (nSPS) is 22.6. The minimum absolute atomic E-state index is 0.281. The summed E-state index contributed by atoms with van der Waals surface area (Å²) in [6.45, 7) is 10.4. The Morgan fingerprint density at radius 3 is 2.50 bits per heavy atom. The van der Waals surface area contributed by atoms with Gasteiger partial charge >= 0.3 is 0 Å². The highest BCUT2D eigenvalue weighted by atomic mass is 15.2. The molecule has 0 radical (unpaired) electrons. The zero-order chi connectivity index (χ0) is 11.8. The molecule has 0 saturated carbocycles. The fraction of sp³-hybridized carbons (Fsp3) is 0.600. The van der Waals surface area contributed by atoms with Crippen LogP contribution in [0.25, 0.3) is 0 Å². The van der Waals surface area contributed by atoms with E-state index in [1.165, 1.54) is 30.5 Å². The first-order valence-corrected chi connectivity index (χ1v) is 6.32. The Kier molecular flexibility index (Phi) is 3.07. The first-order chi connectivity index (χ1) is 7.50. The number of rotatable bonds is 1. The summed E-state index contributed by atoms with van der Waals surface area (Å²) in [5, 5.41) is 0. The number of hydrogen-bond acceptors (Lipinski definition) is 1. The maximum absolute atomic E-state index is 2.65. The number of likely N-dealkylation sites (tertiary alicyclic amines) is 1. The molecule has 1 fully saturated rings. The first-order valence-electron chi connectivity index (χ1n) is 6.32. The second kappa shape index (κ2) is 4.21. The molecule has 0 aliphatic carbocycles. The lowest BCUT2D eigenvalue weighted by molar-refractivity contribution is 0.121. The Balaban J connectivity index is 2.31. The fourth-order valence-electron chi connectivity index (χ4n) is 2.85. The van der Waals surface area contributed by atoms with Crippen LogP contribution in [0.15, 0.2) is 24.3 Å². The first kappa shape index (κ1) is 11.7. The minimum Gasteiger partial charge on any atom is -0.291 e. The highest BCUT2D eigenvalue weighted by Gasteiger charge is 2.34. The molecule has 1 saturated heterocycles. The van der Waals surface area contributed by atoms with E-state index in [1.54, 1.807) is 0 Å². The third-order valence-electron chi connectivity index (χ3n) is 3.66. The summed E-state index contributed by atoms with van der Waals surface area (Å²) in [5.41, 5.74) is 3.24. The second-order valence-corrected chi connectivity index (χ2v) is 5.88. The Labute approximate surface area is 99.5 Å². The van der Waals surface area contributed by atoms with Gasteiger partial charge in [-0.3, -0.25) is 4.90 Å². The van der Waals surface area contributed by atoms with Gasteiger partial charge in [0.05, 0.1) is 0 Å². The van der Waals surface area contributed by atoms with Crippen LogP contribution in [0.1, 0.15) is 50.8 Å². The maximum atomic E-state index is 2.65. The summed E-state index contributed by atoms with van der Waals surface area (Å²) in [6, 6.07) is 9.45. The van der Waals surface area contributed by atoms with Gasteiger partial charge in [0.15, 0.2) is 0 Å². The van der Waals surface area contributed by atoms with Crippen LogP contribution in [0.2, 0.25) is 0 Å². The van der Waals surface area contributed by atoms with Gasteiger partial charge in [0, 0.05) is 11.6 Å². The molecule has 1 aromatic carbocycles. The van der Waals surface area contributed by atoms with Crippen molar-refractivity contribution >= 4 is 0 Å². The Morgan fingerprint density at radius 1 is 1.19 bits per heavy atom. The molecular weight excluding hydrogens is 194 g/mol. The van der Waals surface area contributed by atoms with Crippen molar-refractivity contribution in [3.05, 3.63) is 35.4 Å². The van der Waals surface area contributed by atoms with E-state index in [9.17, 15) is 0 Å². The highest BCUT2D eigenvalue weighted by molar-refractivity contribution is 5.29. The third-order valence-corrected chi connectivity index (χ3v) is 3.66. The van der Waals surface area contributed by atoms with Crippen LogP contribution in [-0.2, 0) is 0 Å². The van der Waals surface area contributed by atoms with Crippen molar-refractivity contribution in [1.82, 2.24) is 4.90 Å². The van der Waals surface area contributed by atoms with Crippen LogP contribution in [0, 0.1) is 6.92 Å². The molecule has 1 aliphatic rings. The smallest absolute Gasteiger partial charge is 0.0356 e. The van der Waals surface area contributed by atoms with Crippen LogP contribution >= 0.6 is 0 Å². The predicted octanol–water partition coefficient (Wildman–Crippen LogP) is 3.93. The van der Waals surface area contributed by atoms with Gasteiger partial charge in [-0.05, 0) is 58.2 Å². The minimum atomic E-state index is 0.281. The Morgan fingerprint density at radius 2 is 1.88 bits per heavy atom. The molecule has 0 N–H and O–H groups in total. The lowest BCUT2D eigenvalue weighted by atomic mass is 9.96. The topological polar surface area (TPSA) is 3.24 Å². The van der Waals surface area contributed by atoms with E-state index in [-0.39, 0.29) is 5.54 Å². The van der Waals surface area contributed by atoms with E-state index in [0.29, 0.717) is 6.04 Å². The molecule has 1 aliphatic heterocycles. The van der Waals surface area contributed by atoms with Crippen molar-refractivity contribution in [2.24, 2.45) is 0 Å². The van der Waals surface area contributed by atoms with Gasteiger partial charge in [0.25, 0.3) is 0 Å². The van der Waals surface area contributed by atoms with E-state index in [1.807, 2.05) is 0 Å². The van der Waals surface area contributed by atoms with E-state index in [4.69, 9.17) is 0 Å². The number of benzene rings is 1. The van der Waals surface area contributed by atoms with Crippen molar-refractivity contribution in [1.29, 1.82) is 0 Å². The van der Waals surface area contributed by atoms with Crippen molar-refractivity contribution in [3.63, 3.8) is 0 Å². The van der Waals surface area contributed by atoms with Gasteiger partial charge in [-0.15, -0.1) is 0 Å². The second-order valence-electron chi connectivity index (χ2n) is 5.88. The zero-order valence-corrected chi connectivity index (χ0v) is 11.0. The molecule has 16 heavy (non-hydrogen) atoms. The van der Waals surface area contributed by atoms with Gasteiger partial charge in [-0.2, -0.15) is 0 Å². The lowest BCUT2D eigenvalue weighted by Crippen LogP contribution is -2.40. The molecule has 2 rings (SSSR count). The highest BCUT2D eigenvalue weighted by Crippen LogP contribution is 2.38. The summed E-state index contributed by atoms with van der Waals surface area (Å²) >= 11 is 0. The van der Waals surface area contributed by atoms with Crippen LogP contribution in [0.3, 0.4) is 0 Å². The molecule has 1 aromatic rings. The van der Waals surface area contributed by atoms with Crippen LogP contribution in [0.5, 0.6) is 0 Å². The quantitative estimate of drug-likeness (QED) is 0.689. The summed E-state index contributed by atoms with van der Waals surface area (Å²) in [6.07, 6.45) is 2.64. The van der Waals surface area contributed by atoms with Crippen molar-refractivity contribution in [2.75, 3.05) is 6.54 Å². The summed E-state index contributed by atoms with van der Waals surface area (Å²) in [7, 11) is 0. The summed E-state index contributed by atoms with van der Waals surface area (Å²) in [4.78, 5) is 2.65. The molecule has 88 valence electrons. The lowest BCUT2D eigenvalue weighted by Gasteiger charge is -2.37. The summed E-state index contributed by atoms with van der Waals surface area (Å²) in [5.74, 6) is 0. The fourth-order valence-corrected chi connectivity index (χ4v) is 2.85. The molecule has 0 aromatic heterocycles. The van der Waals surface area contributed by atoms with Gasteiger partial charge in [0.2, 0.25) is 0 Å². The molecule has 0 unspecified atom stereocenters. The zero-order valence-electron chi connectivity index (χ0n) is 11.0. The number of hydrogen-bond donors (Lipinski definition) is 0. The van der Waals surface area contributed by atoms with Gasteiger partial charge in [-0.25, -0.2) is 0 Å². The maximum Gasteiger partial charge on any atom is 0.0356 e. The molecule has 1 heterocycles. The van der Waals surface area contributed by atoms with E-state index >= 15 is 0 Å². The van der Waals surface area contributed by atoms with Gasteiger partial charge in [-0.1, -0.05) is 24.3 Å². The van der Waals surface area contributed by atoms with Crippen molar-refractivity contribution in [2.45, 2.75) is 52.1 Å². The van der Waals surface area contributed by atoms with Gasteiger partial charge < -0.3 is 0 Å². The van der Waals surface area contributed by atoms with Crippen LogP contribution in [-0.4, -0.2) is 17.0 Å². The Hall–Kier alpha value is -0.820. The standard InChI is InChI=1S/C15H23N/c1-12-8-5-6-9-13(12)14-10-7-11-16(14)15(2,3)4/h5-6,8-9,14H,7,10-11H2,1-4H3/t14-/m0/s1. The number of aryl methyl sites for hydroxylation is 1. The average Bonchev–Trinajstić information content (AvgIpc) is 2.66. The van der Waals surface area contributed by atoms with Crippen LogP contribution < -0.4 is 0 Å². The third kappa shape index (κ3) is 2.15. The molecule has 1 nitrogen and oxygen atoms in total. The van der Waals surface area contributed by atoms with E-state index < -0.39 is 0 Å². The molecule has 1 atom stereocenters. The van der Waals surface area contributed by atoms with Gasteiger partial charge in [0.1, 0.15) is 0 Å². The van der Waals surface area contributed by atoms with Crippen molar-refractivity contribution < 1.29 is 0 Å². The molecule has 1 heteroatoms. The summed E-state index contributed by atoms with van der Waals surface area (Å²) < 4.78 is 0. The Bertz CT molecular complexity index is 362. The van der Waals surface area contributed by atoms with Crippen LogP contribution in [0.4, 0.5) is 0 Å². The SMILES string of the molecule is Cc1ccccc1[C@@H]1CCCN1C(C)(C)C. The van der Waals surface area contributed by atoms with Crippen molar-refractivity contribution in [3.8, 4) is 0 Å². The number of nitrogens with zero attached hydrogens (tertiary/aromatic N) is 1. The monoisotopic (exact) mass is 217 g/mol. The predicted molar refractivity (Wildman–Crippen MR) is 69.6 cm³/mol. The molecule has 0 spiro atoms. The molecular formula is C15H23N. The van der Waals surface area contributed by atoms with E-state index in [0.717, 1.165) is 0 Å². The molecule has 0 bridgehead atoms. The average molecular weight is 217 g/mol. The molecule has 0 amide bonds.